The van der Waals surface area contributed by atoms with Crippen LogP contribution in [-0.2, 0) is 6.42 Å². The van der Waals surface area contributed by atoms with Crippen LogP contribution < -0.4 is 5.32 Å². The van der Waals surface area contributed by atoms with E-state index in [1.807, 2.05) is 0 Å². The van der Waals surface area contributed by atoms with Gasteiger partial charge >= 0.3 is 0 Å². The SMILES string of the molecule is CNC(C)CCN1CCN(CCCN2CCc3c([nH]c4ccccc34)C2c2ccccc2)CC1. The zero-order valence-corrected chi connectivity index (χ0v) is 21.0. The third kappa shape index (κ3) is 5.23. The Labute approximate surface area is 205 Å². The molecule has 2 N–H and O–H groups in total. The Balaban J connectivity index is 1.20. The third-order valence-corrected chi connectivity index (χ3v) is 8.01. The van der Waals surface area contributed by atoms with Crippen molar-refractivity contribution >= 4 is 10.9 Å². The van der Waals surface area contributed by atoms with Gasteiger partial charge in [0.1, 0.15) is 0 Å². The van der Waals surface area contributed by atoms with E-state index >= 15 is 0 Å². The van der Waals surface area contributed by atoms with Crippen molar-refractivity contribution in [3.63, 3.8) is 0 Å². The molecule has 5 heteroatoms. The quantitative estimate of drug-likeness (QED) is 0.505. The predicted molar refractivity (Wildman–Crippen MR) is 142 cm³/mol. The predicted octanol–water partition coefficient (Wildman–Crippen LogP) is 4.12. The first kappa shape index (κ1) is 23.6. The highest BCUT2D eigenvalue weighted by atomic mass is 15.3. The minimum Gasteiger partial charge on any atom is -0.357 e. The first-order valence-corrected chi connectivity index (χ1v) is 13.2. The molecule has 3 aromatic rings. The van der Waals surface area contributed by atoms with Gasteiger partial charge in [0.15, 0.2) is 0 Å². The highest BCUT2D eigenvalue weighted by Crippen LogP contribution is 2.38. The highest BCUT2D eigenvalue weighted by molar-refractivity contribution is 5.85. The van der Waals surface area contributed by atoms with E-state index in [2.05, 4.69) is 93.6 Å². The van der Waals surface area contributed by atoms with Gasteiger partial charge in [-0.25, -0.2) is 0 Å². The van der Waals surface area contributed by atoms with Gasteiger partial charge in [0.2, 0.25) is 0 Å². The number of rotatable bonds is 9. The van der Waals surface area contributed by atoms with Crippen LogP contribution in [-0.4, -0.2) is 85.1 Å². The van der Waals surface area contributed by atoms with Crippen molar-refractivity contribution in [3.8, 4) is 0 Å². The first-order chi connectivity index (χ1) is 16.7. The monoisotopic (exact) mass is 459 g/mol. The van der Waals surface area contributed by atoms with Crippen LogP contribution in [0.4, 0.5) is 0 Å². The Morgan fingerprint density at radius 3 is 2.35 bits per heavy atom. The lowest BCUT2D eigenvalue weighted by Gasteiger charge is -2.38. The van der Waals surface area contributed by atoms with E-state index in [1.165, 1.54) is 79.8 Å². The van der Waals surface area contributed by atoms with Gasteiger partial charge in [-0.05, 0) is 63.5 Å². The molecule has 34 heavy (non-hydrogen) atoms. The summed E-state index contributed by atoms with van der Waals surface area (Å²) in [6, 6.07) is 20.8. The van der Waals surface area contributed by atoms with Crippen molar-refractivity contribution < 1.29 is 0 Å². The van der Waals surface area contributed by atoms with Crippen molar-refractivity contribution in [1.82, 2.24) is 25.0 Å². The molecule has 2 unspecified atom stereocenters. The van der Waals surface area contributed by atoms with Gasteiger partial charge in [0, 0.05) is 61.9 Å². The third-order valence-electron chi connectivity index (χ3n) is 8.01. The van der Waals surface area contributed by atoms with Gasteiger partial charge in [-0.15, -0.1) is 0 Å². The normalized spacial score (nSPS) is 21.1. The fourth-order valence-electron chi connectivity index (χ4n) is 5.80. The molecule has 2 aliphatic rings. The van der Waals surface area contributed by atoms with Crippen molar-refractivity contribution in [1.29, 1.82) is 0 Å². The van der Waals surface area contributed by atoms with Crippen LogP contribution in [0.15, 0.2) is 54.6 Å². The zero-order valence-electron chi connectivity index (χ0n) is 21.0. The maximum atomic E-state index is 3.80. The maximum absolute atomic E-state index is 3.80. The lowest BCUT2D eigenvalue weighted by molar-refractivity contribution is 0.120. The highest BCUT2D eigenvalue weighted by Gasteiger charge is 2.31. The Kier molecular flexibility index (Phi) is 7.65. The Hall–Kier alpha value is -2.18. The minimum atomic E-state index is 0.323. The second-order valence-corrected chi connectivity index (χ2v) is 10.2. The van der Waals surface area contributed by atoms with Gasteiger partial charge in [0.25, 0.3) is 0 Å². The summed E-state index contributed by atoms with van der Waals surface area (Å²) in [6.45, 7) is 11.8. The van der Waals surface area contributed by atoms with E-state index in [0.29, 0.717) is 12.1 Å². The number of fused-ring (bicyclic) bond motifs is 3. The van der Waals surface area contributed by atoms with Gasteiger partial charge < -0.3 is 20.1 Å². The summed E-state index contributed by atoms with van der Waals surface area (Å²) in [5.74, 6) is 0. The molecule has 3 heterocycles. The molecule has 2 atom stereocenters. The smallest absolute Gasteiger partial charge is 0.0757 e. The van der Waals surface area contributed by atoms with Gasteiger partial charge in [0.05, 0.1) is 6.04 Å². The number of aromatic nitrogens is 1. The standard InChI is InChI=1S/C29H41N5/c1-23(30-2)13-17-33-21-19-32(20-22-33)15-8-16-34-18-14-26-25-11-6-7-12-27(25)31-28(26)29(34)24-9-4-3-5-10-24/h3-7,9-12,23,29-31H,8,13-22H2,1-2H3. The lowest BCUT2D eigenvalue weighted by Crippen LogP contribution is -2.48. The molecule has 0 saturated carbocycles. The van der Waals surface area contributed by atoms with E-state index in [1.54, 1.807) is 0 Å². The van der Waals surface area contributed by atoms with E-state index in [-0.39, 0.29) is 0 Å². The fraction of sp³-hybridized carbons (Fsp3) is 0.517. The number of para-hydroxylation sites is 1. The number of benzene rings is 2. The summed E-state index contributed by atoms with van der Waals surface area (Å²) in [5.41, 5.74) is 5.60. The fourth-order valence-corrected chi connectivity index (χ4v) is 5.80. The Morgan fingerprint density at radius 1 is 0.882 bits per heavy atom. The molecule has 2 aliphatic heterocycles. The zero-order chi connectivity index (χ0) is 23.3. The molecule has 1 saturated heterocycles. The van der Waals surface area contributed by atoms with E-state index in [9.17, 15) is 0 Å². The van der Waals surface area contributed by atoms with Crippen LogP contribution in [0.25, 0.3) is 10.9 Å². The Morgan fingerprint density at radius 2 is 1.59 bits per heavy atom. The summed E-state index contributed by atoms with van der Waals surface area (Å²) < 4.78 is 0. The molecule has 0 aliphatic carbocycles. The molecular weight excluding hydrogens is 418 g/mol. The average molecular weight is 460 g/mol. The van der Waals surface area contributed by atoms with Crippen LogP contribution in [0.5, 0.6) is 0 Å². The number of hydrogen-bond acceptors (Lipinski definition) is 4. The van der Waals surface area contributed by atoms with E-state index in [4.69, 9.17) is 0 Å². The van der Waals surface area contributed by atoms with Crippen molar-refractivity contribution in [2.45, 2.75) is 38.3 Å². The molecule has 1 fully saturated rings. The second-order valence-electron chi connectivity index (χ2n) is 10.2. The van der Waals surface area contributed by atoms with Gasteiger partial charge in [-0.3, -0.25) is 4.90 Å². The number of aromatic amines is 1. The largest absolute Gasteiger partial charge is 0.357 e. The molecule has 182 valence electrons. The van der Waals surface area contributed by atoms with Crippen LogP contribution in [0.1, 0.15) is 42.6 Å². The van der Waals surface area contributed by atoms with Gasteiger partial charge in [-0.1, -0.05) is 48.5 Å². The minimum absolute atomic E-state index is 0.323. The van der Waals surface area contributed by atoms with E-state index in [0.717, 1.165) is 19.5 Å². The molecular formula is C29H41N5. The van der Waals surface area contributed by atoms with Crippen molar-refractivity contribution in [3.05, 3.63) is 71.4 Å². The summed E-state index contributed by atoms with van der Waals surface area (Å²) in [7, 11) is 2.06. The molecule has 0 amide bonds. The number of nitrogens with one attached hydrogen (secondary N) is 2. The Bertz CT molecular complexity index is 1040. The lowest BCUT2D eigenvalue weighted by atomic mass is 9.92. The van der Waals surface area contributed by atoms with Crippen LogP contribution >= 0.6 is 0 Å². The van der Waals surface area contributed by atoms with Crippen molar-refractivity contribution in [2.75, 3.05) is 59.4 Å². The summed E-state index contributed by atoms with van der Waals surface area (Å²) in [4.78, 5) is 11.8. The number of piperazine rings is 1. The molecule has 0 spiro atoms. The maximum Gasteiger partial charge on any atom is 0.0757 e. The second kappa shape index (κ2) is 11.0. The summed E-state index contributed by atoms with van der Waals surface area (Å²) in [5, 5.41) is 4.76. The number of nitrogens with zero attached hydrogens (tertiary/aromatic N) is 3. The summed E-state index contributed by atoms with van der Waals surface area (Å²) in [6.07, 6.45) is 3.60. The van der Waals surface area contributed by atoms with Crippen LogP contribution in [0.2, 0.25) is 0 Å². The first-order valence-electron chi connectivity index (χ1n) is 13.2. The number of hydrogen-bond donors (Lipinski definition) is 2. The van der Waals surface area contributed by atoms with Gasteiger partial charge in [-0.2, -0.15) is 0 Å². The van der Waals surface area contributed by atoms with Crippen LogP contribution in [0, 0.1) is 0 Å². The number of H-pyrrole nitrogens is 1. The van der Waals surface area contributed by atoms with Crippen LogP contribution in [0.3, 0.4) is 0 Å². The molecule has 5 rings (SSSR count). The molecule has 1 aromatic heterocycles. The topological polar surface area (TPSA) is 37.5 Å². The summed E-state index contributed by atoms with van der Waals surface area (Å²) >= 11 is 0. The van der Waals surface area contributed by atoms with E-state index < -0.39 is 0 Å². The molecule has 0 radical (unpaired) electrons. The molecule has 0 bridgehead atoms. The average Bonchev–Trinajstić information content (AvgIpc) is 3.27. The molecule has 5 nitrogen and oxygen atoms in total. The molecule has 2 aromatic carbocycles. The van der Waals surface area contributed by atoms with Crippen molar-refractivity contribution in [2.24, 2.45) is 0 Å².